The molecule has 70 valence electrons. The smallest absolute Gasteiger partial charge is 0.393 e. The van der Waals surface area contributed by atoms with Gasteiger partial charge in [-0.2, -0.15) is 0 Å². The topological polar surface area (TPSA) is 48.0 Å². The SMILES string of the molecule is CCN1CC(=O)OC1(OC)OC. The molecule has 0 atom stereocenters. The van der Waals surface area contributed by atoms with E-state index in [2.05, 4.69) is 0 Å². The molecular weight excluding hydrogens is 162 g/mol. The Balaban J connectivity index is 2.78. The third-order valence-corrected chi connectivity index (χ3v) is 1.85. The number of ether oxygens (including phenoxy) is 3. The van der Waals surface area contributed by atoms with Crippen LogP contribution in [0.2, 0.25) is 0 Å². The van der Waals surface area contributed by atoms with Crippen molar-refractivity contribution in [1.29, 1.82) is 0 Å². The molecule has 1 aliphatic rings. The molecule has 0 amide bonds. The highest BCUT2D eigenvalue weighted by molar-refractivity contribution is 5.73. The van der Waals surface area contributed by atoms with Crippen molar-refractivity contribution in [1.82, 2.24) is 4.90 Å². The minimum atomic E-state index is -1.30. The fourth-order valence-corrected chi connectivity index (χ4v) is 1.22. The molecule has 0 spiro atoms. The van der Waals surface area contributed by atoms with E-state index < -0.39 is 6.10 Å². The summed E-state index contributed by atoms with van der Waals surface area (Å²) in [5, 5.41) is 0. The number of methoxy groups -OCH3 is 2. The number of cyclic esters (lactones) is 1. The van der Waals surface area contributed by atoms with Gasteiger partial charge in [0.25, 0.3) is 0 Å². The van der Waals surface area contributed by atoms with Gasteiger partial charge >= 0.3 is 12.1 Å². The summed E-state index contributed by atoms with van der Waals surface area (Å²) in [4.78, 5) is 12.6. The number of carbonyl (C=O) groups excluding carboxylic acids is 1. The third-order valence-electron chi connectivity index (χ3n) is 1.85. The van der Waals surface area contributed by atoms with Gasteiger partial charge in [0.15, 0.2) is 0 Å². The van der Waals surface area contributed by atoms with Gasteiger partial charge in [0.05, 0.1) is 0 Å². The van der Waals surface area contributed by atoms with E-state index in [-0.39, 0.29) is 12.5 Å². The van der Waals surface area contributed by atoms with Gasteiger partial charge in [-0.1, -0.05) is 6.92 Å². The molecule has 1 heterocycles. The Labute approximate surface area is 71.2 Å². The molecule has 0 aromatic heterocycles. The summed E-state index contributed by atoms with van der Waals surface area (Å²) in [7, 11) is 2.87. The maximum Gasteiger partial charge on any atom is 0.401 e. The van der Waals surface area contributed by atoms with E-state index in [1.807, 2.05) is 6.92 Å². The Bertz CT molecular complexity index is 178. The summed E-state index contributed by atoms with van der Waals surface area (Å²) in [5.41, 5.74) is 0. The molecule has 0 bridgehead atoms. The van der Waals surface area contributed by atoms with Crippen molar-refractivity contribution in [3.05, 3.63) is 0 Å². The zero-order valence-corrected chi connectivity index (χ0v) is 7.49. The Morgan fingerprint density at radius 2 is 2.17 bits per heavy atom. The van der Waals surface area contributed by atoms with Crippen molar-refractivity contribution in [2.45, 2.75) is 13.0 Å². The van der Waals surface area contributed by atoms with E-state index in [9.17, 15) is 4.79 Å². The van der Waals surface area contributed by atoms with Gasteiger partial charge < -0.3 is 14.2 Å². The number of hydrogen-bond acceptors (Lipinski definition) is 5. The van der Waals surface area contributed by atoms with Crippen LogP contribution in [0.1, 0.15) is 6.92 Å². The van der Waals surface area contributed by atoms with E-state index in [0.29, 0.717) is 6.54 Å². The zero-order chi connectivity index (χ0) is 9.19. The van der Waals surface area contributed by atoms with E-state index in [4.69, 9.17) is 14.2 Å². The summed E-state index contributed by atoms with van der Waals surface area (Å²) < 4.78 is 14.9. The zero-order valence-electron chi connectivity index (χ0n) is 7.49. The summed E-state index contributed by atoms with van der Waals surface area (Å²) in [6, 6.07) is 0. The molecule has 1 aliphatic heterocycles. The molecule has 1 rings (SSSR count). The maximum absolute atomic E-state index is 10.9. The van der Waals surface area contributed by atoms with Gasteiger partial charge in [0.2, 0.25) is 0 Å². The van der Waals surface area contributed by atoms with Crippen molar-refractivity contribution in [3.8, 4) is 0 Å². The van der Waals surface area contributed by atoms with Crippen LogP contribution in [0.3, 0.4) is 0 Å². The van der Waals surface area contributed by atoms with Crippen molar-refractivity contribution in [3.63, 3.8) is 0 Å². The van der Waals surface area contributed by atoms with Gasteiger partial charge in [-0.05, 0) is 0 Å². The second-order valence-corrected chi connectivity index (χ2v) is 2.42. The Kier molecular flexibility index (Phi) is 2.66. The first-order chi connectivity index (χ1) is 5.68. The summed E-state index contributed by atoms with van der Waals surface area (Å²) in [6.45, 7) is 2.74. The minimum absolute atomic E-state index is 0.207. The second kappa shape index (κ2) is 3.38. The molecule has 5 nitrogen and oxygen atoms in total. The molecule has 0 aromatic rings. The molecule has 5 heteroatoms. The molecule has 0 aliphatic carbocycles. The molecule has 0 aromatic carbocycles. The van der Waals surface area contributed by atoms with Crippen LogP contribution in [-0.4, -0.2) is 44.3 Å². The predicted molar refractivity (Wildman–Crippen MR) is 40.1 cm³/mol. The van der Waals surface area contributed by atoms with Crippen LogP contribution < -0.4 is 0 Å². The van der Waals surface area contributed by atoms with E-state index in [1.54, 1.807) is 4.90 Å². The summed E-state index contributed by atoms with van der Waals surface area (Å²) in [5.74, 6) is -0.333. The Hall–Kier alpha value is -0.650. The number of rotatable bonds is 3. The van der Waals surface area contributed by atoms with E-state index >= 15 is 0 Å². The van der Waals surface area contributed by atoms with Crippen molar-refractivity contribution in [2.24, 2.45) is 0 Å². The van der Waals surface area contributed by atoms with Crippen LogP contribution in [0.5, 0.6) is 0 Å². The van der Waals surface area contributed by atoms with Gasteiger partial charge in [-0.3, -0.25) is 4.79 Å². The van der Waals surface area contributed by atoms with Gasteiger partial charge in [-0.15, -0.1) is 0 Å². The average Bonchev–Trinajstić information content (AvgIpc) is 2.42. The van der Waals surface area contributed by atoms with E-state index in [0.717, 1.165) is 0 Å². The van der Waals surface area contributed by atoms with Crippen molar-refractivity contribution in [2.75, 3.05) is 27.3 Å². The maximum atomic E-state index is 10.9. The Morgan fingerprint density at radius 1 is 1.58 bits per heavy atom. The monoisotopic (exact) mass is 175 g/mol. The van der Waals surface area contributed by atoms with Gasteiger partial charge in [0.1, 0.15) is 6.54 Å². The molecule has 0 N–H and O–H groups in total. The van der Waals surface area contributed by atoms with Crippen LogP contribution in [0.4, 0.5) is 0 Å². The molecule has 0 saturated carbocycles. The first kappa shape index (κ1) is 9.44. The molecule has 0 radical (unpaired) electrons. The van der Waals surface area contributed by atoms with Crippen molar-refractivity contribution >= 4 is 5.97 Å². The van der Waals surface area contributed by atoms with Crippen LogP contribution in [0.25, 0.3) is 0 Å². The summed E-state index contributed by atoms with van der Waals surface area (Å²) in [6.07, 6.45) is -1.30. The molecule has 1 saturated heterocycles. The molecule has 1 fully saturated rings. The third kappa shape index (κ3) is 1.31. The first-order valence-corrected chi connectivity index (χ1v) is 3.75. The van der Waals surface area contributed by atoms with Crippen LogP contribution in [0, 0.1) is 0 Å². The second-order valence-electron chi connectivity index (χ2n) is 2.42. The largest absolute Gasteiger partial charge is 0.401 e. The highest BCUT2D eigenvalue weighted by atomic mass is 16.9. The van der Waals surface area contributed by atoms with E-state index in [1.165, 1.54) is 14.2 Å². The number of hydrogen-bond donors (Lipinski definition) is 0. The van der Waals surface area contributed by atoms with Crippen molar-refractivity contribution < 1.29 is 19.0 Å². The van der Waals surface area contributed by atoms with Gasteiger partial charge in [0, 0.05) is 20.8 Å². The standard InChI is InChI=1S/C7H13NO4/c1-4-8-5-6(9)12-7(8,10-2)11-3/h4-5H2,1-3H3. The van der Waals surface area contributed by atoms with Crippen LogP contribution in [-0.2, 0) is 19.0 Å². The van der Waals surface area contributed by atoms with Crippen LogP contribution in [0.15, 0.2) is 0 Å². The highest BCUT2D eigenvalue weighted by Gasteiger charge is 2.48. The van der Waals surface area contributed by atoms with Crippen LogP contribution >= 0.6 is 0 Å². The van der Waals surface area contributed by atoms with Gasteiger partial charge in [-0.25, -0.2) is 4.90 Å². The fourth-order valence-electron chi connectivity index (χ4n) is 1.22. The quantitative estimate of drug-likeness (QED) is 0.438. The summed E-state index contributed by atoms with van der Waals surface area (Å²) >= 11 is 0. The normalized spacial score (nSPS) is 22.8. The first-order valence-electron chi connectivity index (χ1n) is 3.75. The average molecular weight is 175 g/mol. The number of likely N-dealkylation sites (N-methyl/N-ethyl adjacent to an activating group) is 1. The lowest BCUT2D eigenvalue weighted by Crippen LogP contribution is -2.48. The lowest BCUT2D eigenvalue weighted by molar-refractivity contribution is -0.389. The fraction of sp³-hybridized carbons (Fsp3) is 0.857. The number of nitrogens with zero attached hydrogens (tertiary/aromatic N) is 1. The molecule has 0 unspecified atom stereocenters. The predicted octanol–water partition coefficient (Wildman–Crippen LogP) is -0.231. The lowest BCUT2D eigenvalue weighted by Gasteiger charge is -2.30. The Morgan fingerprint density at radius 3 is 2.50 bits per heavy atom. The molecule has 12 heavy (non-hydrogen) atoms. The molecular formula is C7H13NO4. The number of carbonyl (C=O) groups is 1. The number of esters is 1. The minimum Gasteiger partial charge on any atom is -0.393 e. The lowest BCUT2D eigenvalue weighted by atomic mass is 10.5. The highest BCUT2D eigenvalue weighted by Crippen LogP contribution is 2.24.